The fourth-order valence-corrected chi connectivity index (χ4v) is 3.97. The molecule has 0 saturated carbocycles. The van der Waals surface area contributed by atoms with Crippen LogP contribution in [0.3, 0.4) is 0 Å². The van der Waals surface area contributed by atoms with E-state index < -0.39 is 0 Å². The molecule has 1 nitrogen and oxygen atoms in total. The molecule has 0 radical (unpaired) electrons. The smallest absolute Gasteiger partial charge is 0.00952 e. The van der Waals surface area contributed by atoms with E-state index in [0.29, 0.717) is 5.41 Å². The molecule has 0 amide bonds. The Morgan fingerprint density at radius 2 is 2.00 bits per heavy atom. The van der Waals surface area contributed by atoms with Crippen LogP contribution in [0.25, 0.3) is 0 Å². The number of piperidine rings is 1. The molecule has 2 unspecified atom stereocenters. The van der Waals surface area contributed by atoms with E-state index in [1.807, 2.05) is 0 Å². The minimum absolute atomic E-state index is 0.414. The van der Waals surface area contributed by atoms with Gasteiger partial charge >= 0.3 is 0 Å². The van der Waals surface area contributed by atoms with Crippen molar-refractivity contribution in [3.8, 4) is 0 Å². The van der Waals surface area contributed by atoms with Crippen LogP contribution in [0, 0.1) is 11.3 Å². The molecular weight excluding hydrogens is 274 g/mol. The first-order valence-electron chi connectivity index (χ1n) is 7.29. The van der Waals surface area contributed by atoms with E-state index in [9.17, 15) is 0 Å². The van der Waals surface area contributed by atoms with E-state index in [4.69, 9.17) is 0 Å². The van der Waals surface area contributed by atoms with Gasteiger partial charge in [0.25, 0.3) is 0 Å². The molecule has 1 heterocycles. The monoisotopic (exact) mass is 303 g/mol. The number of hydrogen-bond acceptors (Lipinski definition) is 1. The second kappa shape index (κ2) is 7.13. The highest BCUT2D eigenvalue weighted by Crippen LogP contribution is 2.31. The van der Waals surface area contributed by atoms with Crippen LogP contribution in [0.4, 0.5) is 0 Å². The molecule has 1 aliphatic rings. The predicted molar refractivity (Wildman–Crippen MR) is 80.9 cm³/mol. The number of rotatable bonds is 5. The molecule has 1 saturated heterocycles. The summed E-state index contributed by atoms with van der Waals surface area (Å²) in [5.74, 6) is 0.764. The van der Waals surface area contributed by atoms with Crippen molar-refractivity contribution in [1.82, 2.24) is 4.90 Å². The summed E-state index contributed by atoms with van der Waals surface area (Å²) in [6, 6.07) is 0.859. The van der Waals surface area contributed by atoms with Gasteiger partial charge in [-0.2, -0.15) is 0 Å². The molecule has 0 N–H and O–H groups in total. The number of hydrogen-bond donors (Lipinski definition) is 0. The number of alkyl halides is 1. The zero-order valence-electron chi connectivity index (χ0n) is 12.1. The third-order valence-electron chi connectivity index (χ3n) is 4.24. The highest BCUT2D eigenvalue weighted by Gasteiger charge is 2.29. The number of halogens is 1. The van der Waals surface area contributed by atoms with E-state index in [1.54, 1.807) is 0 Å². The highest BCUT2D eigenvalue weighted by molar-refractivity contribution is 9.09. The summed E-state index contributed by atoms with van der Waals surface area (Å²) >= 11 is 3.71. The molecule has 0 spiro atoms. The first-order valence-corrected chi connectivity index (χ1v) is 8.41. The summed E-state index contributed by atoms with van der Waals surface area (Å²) in [5, 5.41) is 1.13. The van der Waals surface area contributed by atoms with Gasteiger partial charge in [-0.15, -0.1) is 0 Å². The molecule has 1 fully saturated rings. The SMILES string of the molecule is CCCC1CCCCN1CC(CBr)C(C)(C)C. The Bertz CT molecular complexity index is 207. The Labute approximate surface area is 116 Å². The fourth-order valence-electron chi connectivity index (χ4n) is 2.80. The van der Waals surface area contributed by atoms with Crippen LogP contribution < -0.4 is 0 Å². The second-order valence-electron chi connectivity index (χ2n) is 6.65. The summed E-state index contributed by atoms with van der Waals surface area (Å²) < 4.78 is 0. The van der Waals surface area contributed by atoms with Crippen molar-refractivity contribution >= 4 is 15.9 Å². The van der Waals surface area contributed by atoms with Gasteiger partial charge in [0.05, 0.1) is 0 Å². The molecule has 1 aliphatic heterocycles. The Kier molecular flexibility index (Phi) is 6.50. The Morgan fingerprint density at radius 1 is 1.29 bits per heavy atom. The Hall–Kier alpha value is 0.440. The summed E-state index contributed by atoms with van der Waals surface area (Å²) in [7, 11) is 0. The van der Waals surface area contributed by atoms with Crippen molar-refractivity contribution in [3.63, 3.8) is 0 Å². The Morgan fingerprint density at radius 3 is 2.53 bits per heavy atom. The third kappa shape index (κ3) is 4.90. The second-order valence-corrected chi connectivity index (χ2v) is 7.30. The quantitative estimate of drug-likeness (QED) is 0.666. The van der Waals surface area contributed by atoms with Gasteiger partial charge in [-0.3, -0.25) is 0 Å². The molecule has 2 atom stereocenters. The van der Waals surface area contributed by atoms with Crippen LogP contribution in [0.15, 0.2) is 0 Å². The summed E-state index contributed by atoms with van der Waals surface area (Å²) in [6.45, 7) is 12.0. The molecule has 0 bridgehead atoms. The molecule has 0 aromatic carbocycles. The van der Waals surface area contributed by atoms with Gasteiger partial charge in [-0.25, -0.2) is 0 Å². The minimum atomic E-state index is 0.414. The lowest BCUT2D eigenvalue weighted by molar-refractivity contribution is 0.0914. The van der Waals surface area contributed by atoms with E-state index in [2.05, 4.69) is 48.5 Å². The normalized spacial score (nSPS) is 24.9. The maximum Gasteiger partial charge on any atom is 0.00952 e. The molecule has 0 aliphatic carbocycles. The van der Waals surface area contributed by atoms with Gasteiger partial charge in [-0.05, 0) is 37.1 Å². The van der Waals surface area contributed by atoms with Crippen LogP contribution >= 0.6 is 15.9 Å². The molecule has 2 heteroatoms. The summed E-state index contributed by atoms with van der Waals surface area (Å²) in [6.07, 6.45) is 6.98. The highest BCUT2D eigenvalue weighted by atomic mass is 79.9. The van der Waals surface area contributed by atoms with Gasteiger partial charge < -0.3 is 4.90 Å². The average Bonchev–Trinajstić information content (AvgIpc) is 2.26. The van der Waals surface area contributed by atoms with Crippen molar-refractivity contribution in [2.45, 2.75) is 65.8 Å². The summed E-state index contributed by atoms with van der Waals surface area (Å²) in [5.41, 5.74) is 0.414. The average molecular weight is 304 g/mol. The maximum absolute atomic E-state index is 3.71. The van der Waals surface area contributed by atoms with Crippen LogP contribution in [0.5, 0.6) is 0 Å². The van der Waals surface area contributed by atoms with Crippen LogP contribution in [-0.4, -0.2) is 29.4 Å². The van der Waals surface area contributed by atoms with Gasteiger partial charge in [0.2, 0.25) is 0 Å². The lowest BCUT2D eigenvalue weighted by Gasteiger charge is -2.41. The molecule has 0 aromatic rings. The van der Waals surface area contributed by atoms with E-state index in [0.717, 1.165) is 17.3 Å². The van der Waals surface area contributed by atoms with E-state index >= 15 is 0 Å². The number of likely N-dealkylation sites (tertiary alicyclic amines) is 1. The van der Waals surface area contributed by atoms with Crippen molar-refractivity contribution in [2.75, 3.05) is 18.4 Å². The first-order chi connectivity index (χ1) is 7.99. The topological polar surface area (TPSA) is 3.24 Å². The van der Waals surface area contributed by atoms with Gasteiger partial charge in [0.15, 0.2) is 0 Å². The van der Waals surface area contributed by atoms with Crippen LogP contribution in [0.1, 0.15) is 59.8 Å². The lowest BCUT2D eigenvalue weighted by Crippen LogP contribution is -2.45. The lowest BCUT2D eigenvalue weighted by atomic mass is 9.81. The molecule has 102 valence electrons. The summed E-state index contributed by atoms with van der Waals surface area (Å²) in [4.78, 5) is 2.77. The zero-order chi connectivity index (χ0) is 12.9. The van der Waals surface area contributed by atoms with Crippen LogP contribution in [-0.2, 0) is 0 Å². The number of nitrogens with zero attached hydrogens (tertiary/aromatic N) is 1. The molecule has 1 rings (SSSR count). The molecule has 17 heavy (non-hydrogen) atoms. The standard InChI is InChI=1S/C15H30BrN/c1-5-8-14-9-6-7-10-17(14)12-13(11-16)15(2,3)4/h13-14H,5-12H2,1-4H3. The maximum atomic E-state index is 3.71. The van der Waals surface area contributed by atoms with Crippen molar-refractivity contribution in [2.24, 2.45) is 11.3 Å². The fraction of sp³-hybridized carbons (Fsp3) is 1.00. The van der Waals surface area contributed by atoms with Crippen molar-refractivity contribution in [1.29, 1.82) is 0 Å². The van der Waals surface area contributed by atoms with Gasteiger partial charge in [-0.1, -0.05) is 56.5 Å². The van der Waals surface area contributed by atoms with Crippen molar-refractivity contribution < 1.29 is 0 Å². The predicted octanol–water partition coefficient (Wildman–Crippen LogP) is 4.70. The molecule has 0 aromatic heterocycles. The Balaban J connectivity index is 2.56. The zero-order valence-corrected chi connectivity index (χ0v) is 13.7. The van der Waals surface area contributed by atoms with Crippen molar-refractivity contribution in [3.05, 3.63) is 0 Å². The van der Waals surface area contributed by atoms with Gasteiger partial charge in [0, 0.05) is 17.9 Å². The van der Waals surface area contributed by atoms with E-state index in [-0.39, 0.29) is 0 Å². The minimum Gasteiger partial charge on any atom is -0.300 e. The third-order valence-corrected chi connectivity index (χ3v) is 5.02. The van der Waals surface area contributed by atoms with Gasteiger partial charge in [0.1, 0.15) is 0 Å². The largest absolute Gasteiger partial charge is 0.300 e. The molecular formula is C15H30BrN. The van der Waals surface area contributed by atoms with E-state index in [1.165, 1.54) is 45.2 Å². The first kappa shape index (κ1) is 15.5. The van der Waals surface area contributed by atoms with Crippen LogP contribution in [0.2, 0.25) is 0 Å².